The summed E-state index contributed by atoms with van der Waals surface area (Å²) in [6, 6.07) is 6.44. The summed E-state index contributed by atoms with van der Waals surface area (Å²) in [6.07, 6.45) is 8.16. The monoisotopic (exact) mass is 227 g/mol. The molecule has 0 aromatic heterocycles. The summed E-state index contributed by atoms with van der Waals surface area (Å²) >= 11 is 0. The standard InChI is InChI=1S/C16H21N/c1-13-9-10-16(12-15(13)3)14(2)8-6-5-7-11-17-4/h5-10,12,17H,2,11H2,1,3-4H3/b7-5-,8-6-. The number of nitrogens with one attached hydrogen (secondary N) is 1. The normalized spacial score (nSPS) is 11.5. The van der Waals surface area contributed by atoms with E-state index in [1.807, 2.05) is 25.3 Å². The van der Waals surface area contributed by atoms with Gasteiger partial charge in [-0.15, -0.1) is 0 Å². The molecule has 0 atom stereocenters. The van der Waals surface area contributed by atoms with Crippen LogP contribution in [0, 0.1) is 13.8 Å². The zero-order valence-electron chi connectivity index (χ0n) is 11.0. The van der Waals surface area contributed by atoms with Gasteiger partial charge in [0.1, 0.15) is 0 Å². The largest absolute Gasteiger partial charge is 0.316 e. The minimum absolute atomic E-state index is 0.889. The van der Waals surface area contributed by atoms with Crippen LogP contribution in [-0.2, 0) is 0 Å². The highest BCUT2D eigenvalue weighted by molar-refractivity contribution is 5.72. The topological polar surface area (TPSA) is 12.0 Å². The average Bonchev–Trinajstić information content (AvgIpc) is 2.32. The lowest BCUT2D eigenvalue weighted by atomic mass is 10.0. The fraction of sp³-hybridized carbons (Fsp3) is 0.250. The van der Waals surface area contributed by atoms with Crippen molar-refractivity contribution in [1.29, 1.82) is 0 Å². The highest BCUT2D eigenvalue weighted by Gasteiger charge is 1.97. The maximum absolute atomic E-state index is 4.08. The second-order valence-corrected chi connectivity index (χ2v) is 4.17. The molecule has 1 aromatic carbocycles. The fourth-order valence-corrected chi connectivity index (χ4v) is 1.47. The number of rotatable bonds is 5. The summed E-state index contributed by atoms with van der Waals surface area (Å²) in [5, 5.41) is 3.06. The van der Waals surface area contributed by atoms with Crippen LogP contribution in [0.2, 0.25) is 0 Å². The van der Waals surface area contributed by atoms with E-state index in [0.717, 1.165) is 12.1 Å². The SMILES string of the molecule is C=C(/C=C\C=C/CNC)c1ccc(C)c(C)c1. The van der Waals surface area contributed by atoms with E-state index in [9.17, 15) is 0 Å². The molecule has 0 radical (unpaired) electrons. The quantitative estimate of drug-likeness (QED) is 0.757. The molecule has 1 heteroatoms. The molecule has 0 bridgehead atoms. The molecule has 1 aromatic rings. The van der Waals surface area contributed by atoms with E-state index < -0.39 is 0 Å². The third-order valence-electron chi connectivity index (χ3n) is 2.74. The van der Waals surface area contributed by atoms with E-state index >= 15 is 0 Å². The summed E-state index contributed by atoms with van der Waals surface area (Å²) < 4.78 is 0. The number of hydrogen-bond donors (Lipinski definition) is 1. The zero-order valence-corrected chi connectivity index (χ0v) is 11.0. The zero-order chi connectivity index (χ0) is 12.7. The lowest BCUT2D eigenvalue weighted by Gasteiger charge is -2.04. The Morgan fingerprint density at radius 1 is 1.24 bits per heavy atom. The Labute approximate surface area is 105 Å². The van der Waals surface area contributed by atoms with E-state index in [1.165, 1.54) is 16.7 Å². The van der Waals surface area contributed by atoms with Gasteiger partial charge in [0.05, 0.1) is 0 Å². The van der Waals surface area contributed by atoms with E-state index in [0.29, 0.717) is 0 Å². The van der Waals surface area contributed by atoms with Crippen molar-refractivity contribution in [2.75, 3.05) is 13.6 Å². The van der Waals surface area contributed by atoms with Crippen molar-refractivity contribution in [2.45, 2.75) is 13.8 Å². The Morgan fingerprint density at radius 3 is 2.65 bits per heavy atom. The van der Waals surface area contributed by atoms with Crippen LogP contribution in [-0.4, -0.2) is 13.6 Å². The van der Waals surface area contributed by atoms with Crippen LogP contribution in [0.25, 0.3) is 5.57 Å². The predicted molar refractivity (Wildman–Crippen MR) is 77.2 cm³/mol. The Hall–Kier alpha value is -1.60. The van der Waals surface area contributed by atoms with Crippen molar-refractivity contribution < 1.29 is 0 Å². The third-order valence-corrected chi connectivity index (χ3v) is 2.74. The summed E-state index contributed by atoms with van der Waals surface area (Å²) in [5.41, 5.74) is 4.86. The molecule has 0 saturated heterocycles. The maximum Gasteiger partial charge on any atom is 0.0134 e. The first-order chi connectivity index (χ1) is 8.15. The number of hydrogen-bond acceptors (Lipinski definition) is 1. The Bertz CT molecular complexity index is 439. The molecular weight excluding hydrogens is 206 g/mol. The highest BCUT2D eigenvalue weighted by Crippen LogP contribution is 2.17. The molecule has 0 saturated carbocycles. The fourth-order valence-electron chi connectivity index (χ4n) is 1.47. The minimum Gasteiger partial charge on any atom is -0.316 e. The first-order valence-corrected chi connectivity index (χ1v) is 5.89. The van der Waals surface area contributed by atoms with Gasteiger partial charge in [-0.1, -0.05) is 49.1 Å². The van der Waals surface area contributed by atoms with Crippen molar-refractivity contribution in [2.24, 2.45) is 0 Å². The van der Waals surface area contributed by atoms with Crippen LogP contribution >= 0.6 is 0 Å². The van der Waals surface area contributed by atoms with Gasteiger partial charge in [-0.25, -0.2) is 0 Å². The van der Waals surface area contributed by atoms with Crippen molar-refractivity contribution in [1.82, 2.24) is 5.32 Å². The van der Waals surface area contributed by atoms with Crippen LogP contribution < -0.4 is 5.32 Å². The Balaban J connectivity index is 2.67. The molecule has 1 nitrogen and oxygen atoms in total. The summed E-state index contributed by atoms with van der Waals surface area (Å²) in [4.78, 5) is 0. The molecule has 0 aliphatic heterocycles. The maximum atomic E-state index is 4.08. The van der Waals surface area contributed by atoms with Gasteiger partial charge >= 0.3 is 0 Å². The van der Waals surface area contributed by atoms with Gasteiger partial charge in [-0.3, -0.25) is 0 Å². The second kappa shape index (κ2) is 6.87. The van der Waals surface area contributed by atoms with E-state index in [-0.39, 0.29) is 0 Å². The Morgan fingerprint density at radius 2 is 2.00 bits per heavy atom. The van der Waals surface area contributed by atoms with Crippen LogP contribution in [0.4, 0.5) is 0 Å². The highest BCUT2D eigenvalue weighted by atomic mass is 14.8. The van der Waals surface area contributed by atoms with Gasteiger partial charge in [0.2, 0.25) is 0 Å². The summed E-state index contributed by atoms with van der Waals surface area (Å²) in [6.45, 7) is 9.22. The molecule has 0 aliphatic rings. The predicted octanol–water partition coefficient (Wildman–Crippen LogP) is 3.65. The molecule has 1 N–H and O–H groups in total. The molecule has 0 fully saturated rings. The summed E-state index contributed by atoms with van der Waals surface area (Å²) in [5.74, 6) is 0. The van der Waals surface area contributed by atoms with E-state index in [4.69, 9.17) is 0 Å². The number of likely N-dealkylation sites (N-methyl/N-ethyl adjacent to an activating group) is 1. The van der Waals surface area contributed by atoms with Crippen molar-refractivity contribution in [3.63, 3.8) is 0 Å². The van der Waals surface area contributed by atoms with Crippen LogP contribution in [0.1, 0.15) is 16.7 Å². The molecule has 17 heavy (non-hydrogen) atoms. The molecule has 0 spiro atoms. The van der Waals surface area contributed by atoms with Gasteiger partial charge in [-0.05, 0) is 43.2 Å². The van der Waals surface area contributed by atoms with Gasteiger partial charge in [0, 0.05) is 6.54 Å². The van der Waals surface area contributed by atoms with Crippen LogP contribution in [0.3, 0.4) is 0 Å². The van der Waals surface area contributed by atoms with Crippen LogP contribution in [0.5, 0.6) is 0 Å². The first-order valence-electron chi connectivity index (χ1n) is 5.89. The second-order valence-electron chi connectivity index (χ2n) is 4.17. The van der Waals surface area contributed by atoms with Crippen molar-refractivity contribution in [3.05, 3.63) is 65.8 Å². The molecular formula is C16H21N. The molecule has 0 unspecified atom stereocenters. The number of aryl methyl sites for hydroxylation is 2. The lowest BCUT2D eigenvalue weighted by molar-refractivity contribution is 0.920. The third kappa shape index (κ3) is 4.41. The lowest BCUT2D eigenvalue weighted by Crippen LogP contribution is -2.03. The van der Waals surface area contributed by atoms with Gasteiger partial charge in [0.25, 0.3) is 0 Å². The minimum atomic E-state index is 0.889. The molecule has 0 amide bonds. The van der Waals surface area contributed by atoms with Gasteiger partial charge < -0.3 is 5.32 Å². The van der Waals surface area contributed by atoms with Gasteiger partial charge in [-0.2, -0.15) is 0 Å². The van der Waals surface area contributed by atoms with E-state index in [1.54, 1.807) is 0 Å². The first kappa shape index (κ1) is 13.5. The number of benzene rings is 1. The average molecular weight is 227 g/mol. The van der Waals surface area contributed by atoms with Crippen LogP contribution in [0.15, 0.2) is 49.1 Å². The smallest absolute Gasteiger partial charge is 0.0134 e. The molecule has 90 valence electrons. The van der Waals surface area contributed by atoms with Crippen molar-refractivity contribution >= 4 is 5.57 Å². The van der Waals surface area contributed by atoms with Gasteiger partial charge in [0.15, 0.2) is 0 Å². The molecule has 0 aliphatic carbocycles. The molecule has 1 rings (SSSR count). The summed E-state index contributed by atoms with van der Waals surface area (Å²) in [7, 11) is 1.93. The Kier molecular flexibility index (Phi) is 5.44. The number of allylic oxidation sites excluding steroid dienone is 4. The van der Waals surface area contributed by atoms with E-state index in [2.05, 4.69) is 50.0 Å². The molecule has 0 heterocycles. The van der Waals surface area contributed by atoms with Crippen molar-refractivity contribution in [3.8, 4) is 0 Å².